The molecule has 114 valence electrons. The van der Waals surface area contributed by atoms with Crippen molar-refractivity contribution in [2.75, 3.05) is 25.5 Å². The van der Waals surface area contributed by atoms with Crippen LogP contribution in [-0.4, -0.2) is 43.0 Å². The Labute approximate surface area is 124 Å². The van der Waals surface area contributed by atoms with E-state index in [1.165, 1.54) is 25.5 Å². The Hall–Kier alpha value is -1.62. The van der Waals surface area contributed by atoms with Gasteiger partial charge in [-0.3, -0.25) is 4.79 Å². The van der Waals surface area contributed by atoms with Gasteiger partial charge >= 0.3 is 0 Å². The normalized spacial score (nSPS) is 25.4. The number of carbonyl (C=O) groups excluding carboxylic acids is 1. The number of rotatable bonds is 3. The van der Waals surface area contributed by atoms with Crippen molar-refractivity contribution in [1.29, 1.82) is 0 Å². The zero-order chi connectivity index (χ0) is 14.8. The van der Waals surface area contributed by atoms with Crippen LogP contribution in [0.2, 0.25) is 0 Å². The molecular weight excluding hydrogens is 269 g/mol. The number of benzene rings is 1. The highest BCUT2D eigenvalue weighted by Gasteiger charge is 2.32. The molecule has 21 heavy (non-hydrogen) atoms. The molecule has 0 spiro atoms. The van der Waals surface area contributed by atoms with Gasteiger partial charge in [0.15, 0.2) is 0 Å². The number of fused-ring (bicyclic) bond motifs is 1. The third-order valence-corrected chi connectivity index (χ3v) is 4.66. The lowest BCUT2D eigenvalue weighted by Crippen LogP contribution is -2.47. The summed E-state index contributed by atoms with van der Waals surface area (Å²) < 4.78 is 13.7. The van der Waals surface area contributed by atoms with Crippen molar-refractivity contribution < 1.29 is 9.18 Å². The van der Waals surface area contributed by atoms with Gasteiger partial charge < -0.3 is 15.5 Å². The number of para-hydroxylation sites is 1. The van der Waals surface area contributed by atoms with E-state index < -0.39 is 5.82 Å². The maximum Gasteiger partial charge on any atom is 0.253 e. The van der Waals surface area contributed by atoms with E-state index in [4.69, 9.17) is 0 Å². The first-order chi connectivity index (χ1) is 10.2. The summed E-state index contributed by atoms with van der Waals surface area (Å²) >= 11 is 0. The van der Waals surface area contributed by atoms with Gasteiger partial charge in [-0.05, 0) is 44.4 Å². The zero-order valence-electron chi connectivity index (χ0n) is 12.4. The largest absolute Gasteiger partial charge is 0.385 e. The highest BCUT2D eigenvalue weighted by atomic mass is 19.1. The maximum atomic E-state index is 13.7. The lowest BCUT2D eigenvalue weighted by atomic mass is 9.97. The Balaban J connectivity index is 1.68. The van der Waals surface area contributed by atoms with E-state index in [9.17, 15) is 9.18 Å². The number of anilines is 1. The molecule has 2 fully saturated rings. The fourth-order valence-corrected chi connectivity index (χ4v) is 3.59. The number of piperidine rings is 1. The summed E-state index contributed by atoms with van der Waals surface area (Å²) in [6.45, 7) is 2.25. The Morgan fingerprint density at radius 3 is 3.00 bits per heavy atom. The highest BCUT2D eigenvalue weighted by Crippen LogP contribution is 2.27. The number of nitrogens with one attached hydrogen (secondary N) is 2. The van der Waals surface area contributed by atoms with Gasteiger partial charge in [0, 0.05) is 25.7 Å². The predicted octanol–water partition coefficient (Wildman–Crippen LogP) is 2.22. The Morgan fingerprint density at radius 1 is 1.33 bits per heavy atom. The number of amides is 1. The van der Waals surface area contributed by atoms with Gasteiger partial charge in [-0.1, -0.05) is 6.07 Å². The van der Waals surface area contributed by atoms with Crippen molar-refractivity contribution in [2.24, 2.45) is 0 Å². The van der Waals surface area contributed by atoms with Crippen LogP contribution in [-0.2, 0) is 0 Å². The molecule has 1 aromatic rings. The van der Waals surface area contributed by atoms with Crippen molar-refractivity contribution in [1.82, 2.24) is 10.2 Å². The molecule has 3 rings (SSSR count). The van der Waals surface area contributed by atoms with Crippen LogP contribution in [0.15, 0.2) is 18.2 Å². The molecule has 2 N–H and O–H groups in total. The summed E-state index contributed by atoms with van der Waals surface area (Å²) in [7, 11) is 1.63. The van der Waals surface area contributed by atoms with Crippen LogP contribution in [0.4, 0.5) is 10.1 Å². The highest BCUT2D eigenvalue weighted by molar-refractivity contribution is 5.99. The van der Waals surface area contributed by atoms with Gasteiger partial charge in [0.25, 0.3) is 5.91 Å². The Bertz CT molecular complexity index is 534. The molecule has 0 aliphatic carbocycles. The van der Waals surface area contributed by atoms with E-state index in [1.54, 1.807) is 19.2 Å². The van der Waals surface area contributed by atoms with Crippen LogP contribution in [0.5, 0.6) is 0 Å². The van der Waals surface area contributed by atoms with Crippen LogP contribution in [0.3, 0.4) is 0 Å². The van der Waals surface area contributed by atoms with Gasteiger partial charge in [-0.2, -0.15) is 0 Å². The Morgan fingerprint density at radius 2 is 2.19 bits per heavy atom. The van der Waals surface area contributed by atoms with Gasteiger partial charge in [-0.25, -0.2) is 4.39 Å². The average molecular weight is 291 g/mol. The van der Waals surface area contributed by atoms with E-state index in [0.717, 1.165) is 19.4 Å². The number of hydrogen-bond acceptors (Lipinski definition) is 3. The average Bonchev–Trinajstić information content (AvgIpc) is 2.94. The second kappa shape index (κ2) is 6.02. The molecule has 2 atom stereocenters. The molecule has 2 unspecified atom stereocenters. The summed E-state index contributed by atoms with van der Waals surface area (Å²) in [6, 6.07) is 5.41. The van der Waals surface area contributed by atoms with Crippen molar-refractivity contribution in [2.45, 2.75) is 37.8 Å². The zero-order valence-corrected chi connectivity index (χ0v) is 12.4. The van der Waals surface area contributed by atoms with Crippen molar-refractivity contribution in [3.8, 4) is 0 Å². The minimum absolute atomic E-state index is 0.185. The second-order valence-electron chi connectivity index (χ2n) is 5.94. The fraction of sp³-hybridized carbons (Fsp3) is 0.562. The van der Waals surface area contributed by atoms with Gasteiger partial charge in [-0.15, -0.1) is 0 Å². The van der Waals surface area contributed by atoms with Crippen LogP contribution >= 0.6 is 0 Å². The van der Waals surface area contributed by atoms with Gasteiger partial charge in [0.2, 0.25) is 0 Å². The molecule has 2 heterocycles. The summed E-state index contributed by atoms with van der Waals surface area (Å²) in [5.74, 6) is -0.578. The smallest absolute Gasteiger partial charge is 0.253 e. The van der Waals surface area contributed by atoms with Gasteiger partial charge in [0.05, 0.1) is 11.3 Å². The standard InChI is InChI=1S/C16H22FN3O/c1-18-15-13(5-2-6-14(15)17)16(21)19-11-7-9-20-8-3-4-12(20)10-11/h2,5-6,11-12,18H,3-4,7-10H2,1H3,(H,19,21). The van der Waals surface area contributed by atoms with Crippen molar-refractivity contribution in [3.63, 3.8) is 0 Å². The van der Waals surface area contributed by atoms with E-state index in [-0.39, 0.29) is 17.6 Å². The molecule has 4 nitrogen and oxygen atoms in total. The van der Waals surface area contributed by atoms with E-state index in [0.29, 0.717) is 11.6 Å². The number of carbonyl (C=O) groups is 1. The monoisotopic (exact) mass is 291 g/mol. The molecule has 5 heteroatoms. The first-order valence-electron chi connectivity index (χ1n) is 7.70. The molecule has 2 aliphatic heterocycles. The molecular formula is C16H22FN3O. The second-order valence-corrected chi connectivity index (χ2v) is 5.94. The number of nitrogens with zero attached hydrogens (tertiary/aromatic N) is 1. The summed E-state index contributed by atoms with van der Waals surface area (Å²) in [4.78, 5) is 14.9. The van der Waals surface area contributed by atoms with Gasteiger partial charge in [0.1, 0.15) is 5.82 Å². The summed E-state index contributed by atoms with van der Waals surface area (Å²) in [6.07, 6.45) is 4.48. The fourth-order valence-electron chi connectivity index (χ4n) is 3.59. The topological polar surface area (TPSA) is 44.4 Å². The molecule has 2 aliphatic rings. The van der Waals surface area contributed by atoms with Crippen molar-refractivity contribution >= 4 is 11.6 Å². The molecule has 0 saturated carbocycles. The molecule has 1 aromatic carbocycles. The van der Waals surface area contributed by atoms with E-state index in [1.807, 2.05) is 0 Å². The summed E-state index contributed by atoms with van der Waals surface area (Å²) in [5, 5.41) is 5.85. The van der Waals surface area contributed by atoms with Crippen LogP contribution in [0.1, 0.15) is 36.0 Å². The predicted molar refractivity (Wildman–Crippen MR) is 81.0 cm³/mol. The quantitative estimate of drug-likeness (QED) is 0.897. The van der Waals surface area contributed by atoms with Crippen LogP contribution in [0.25, 0.3) is 0 Å². The lowest BCUT2D eigenvalue weighted by molar-refractivity contribution is 0.0896. The number of hydrogen-bond donors (Lipinski definition) is 2. The first kappa shape index (κ1) is 14.3. The first-order valence-corrected chi connectivity index (χ1v) is 7.70. The van der Waals surface area contributed by atoms with E-state index in [2.05, 4.69) is 15.5 Å². The molecule has 0 aromatic heterocycles. The molecule has 2 saturated heterocycles. The minimum Gasteiger partial charge on any atom is -0.385 e. The minimum atomic E-state index is -0.393. The third-order valence-electron chi connectivity index (χ3n) is 4.66. The van der Waals surface area contributed by atoms with Crippen molar-refractivity contribution in [3.05, 3.63) is 29.6 Å². The molecule has 0 bridgehead atoms. The number of halogens is 1. The maximum absolute atomic E-state index is 13.7. The molecule has 1 amide bonds. The molecule has 0 radical (unpaired) electrons. The third kappa shape index (κ3) is 2.88. The SMILES string of the molecule is CNc1c(F)cccc1C(=O)NC1CCN2CCCC2C1. The van der Waals surface area contributed by atoms with Crippen LogP contribution < -0.4 is 10.6 Å². The summed E-state index contributed by atoms with van der Waals surface area (Å²) in [5.41, 5.74) is 0.652. The lowest BCUT2D eigenvalue weighted by Gasteiger charge is -2.35. The van der Waals surface area contributed by atoms with E-state index >= 15 is 0 Å². The Kier molecular flexibility index (Phi) is 4.10. The van der Waals surface area contributed by atoms with Crippen LogP contribution in [0, 0.1) is 5.82 Å².